The van der Waals surface area contributed by atoms with Crippen LogP contribution in [0.5, 0.6) is 0 Å². The second-order valence-corrected chi connectivity index (χ2v) is 30.3. The minimum absolute atomic E-state index is 0.726. The topological polar surface area (TPSA) is 154 Å². The summed E-state index contributed by atoms with van der Waals surface area (Å²) in [6, 6.07) is 0. The number of piperidine rings is 1. The van der Waals surface area contributed by atoms with Gasteiger partial charge in [-0.25, -0.2) is 4.99 Å². The van der Waals surface area contributed by atoms with E-state index in [0.717, 1.165) is 78.2 Å². The molecular weight excluding hydrogens is 1240 g/mol. The summed E-state index contributed by atoms with van der Waals surface area (Å²) in [5.74, 6) is 12.1. The Morgan fingerprint density at radius 1 is 0.242 bits per heavy atom. The van der Waals surface area contributed by atoms with Crippen LogP contribution in [0.3, 0.4) is 0 Å². The lowest BCUT2D eigenvalue weighted by molar-refractivity contribution is 0.170. The lowest BCUT2D eigenvalue weighted by Crippen LogP contribution is -2.60. The van der Waals surface area contributed by atoms with Crippen molar-refractivity contribution in [3.05, 3.63) is 11.9 Å². The fourth-order valence-corrected chi connectivity index (χ4v) is 16.5. The first-order valence-electron chi connectivity index (χ1n) is 39.9. The van der Waals surface area contributed by atoms with Crippen LogP contribution in [-0.2, 0) is 0 Å². The van der Waals surface area contributed by atoms with Crippen LogP contribution in [0, 0.1) is 5.92 Å². The predicted octanol–water partition coefficient (Wildman–Crippen LogP) is 6.16. The van der Waals surface area contributed by atoms with Gasteiger partial charge < -0.3 is 83.3 Å². The Labute approximate surface area is 600 Å². The quantitative estimate of drug-likeness (QED) is 0.272. The standard InChI is InChI=1S/C11H20N2.C10H19N3.2C9H17N3.C9H16N2.2C7H13N3.2C6H11N3/c1-12-8-6-10-13-9-5-3-2-4-7-11(12)13;1-12-7-3-2-4-8-13-9-5-6-11-10(12)13;1-11-6-2-3-7-12-8-4-5-10-9(11)12;1-11-6-4-8-12-7-3-2-5-10-9(11)12;1-8-4-2-6-11-7-3-5-10-9(8)11;1-9-4-2-5-10-6-3-8-7(9)10;1-9-5-6-10-4-2-3-8-7(9)10;1-8-3-2-4-9-5-7-6(8)9;1-8-5-9-4-2-3-7-6(8)9/h7H,2-6,8-10H2,1H3;2-9H2,1H3;2*2-8H2,1H3;8H,2-7H2,1H3;2*2-6H2,1H3;2*2-5H2,1H3/t;;;;8-;;;;/m....1..../s1. The number of hydrogen-bond acceptors (Lipinski definition) is 25. The number of nitrogens with zero attached hydrogens (tertiary/aromatic N) is 25. The number of allylic oxidation sites excluding steroid dienone is 1. The molecular formula is C74H137N25. The largest absolute Gasteiger partial charge is 0.362 e. The number of aliphatic imine (C=N–C) groups is 8. The second-order valence-electron chi connectivity index (χ2n) is 30.3. The van der Waals surface area contributed by atoms with Crippen molar-refractivity contribution in [3.8, 4) is 0 Å². The lowest BCUT2D eigenvalue weighted by Gasteiger charge is -2.45. The predicted molar refractivity (Wildman–Crippen MR) is 413 cm³/mol. The number of fused-ring (bicyclic) bond motifs is 9. The summed E-state index contributed by atoms with van der Waals surface area (Å²) < 4.78 is 0. The van der Waals surface area contributed by atoms with E-state index >= 15 is 0 Å². The third kappa shape index (κ3) is 22.1. The number of amidine groups is 1. The van der Waals surface area contributed by atoms with Gasteiger partial charge in [0.25, 0.3) is 0 Å². The summed E-state index contributed by atoms with van der Waals surface area (Å²) in [5.41, 5.74) is 0. The number of rotatable bonds is 0. The van der Waals surface area contributed by atoms with E-state index in [9.17, 15) is 0 Å². The summed E-state index contributed by atoms with van der Waals surface area (Å²) in [4.78, 5) is 75.6. The normalized spacial score (nSPS) is 25.4. The molecule has 0 spiro atoms. The molecule has 0 aliphatic carbocycles. The van der Waals surface area contributed by atoms with Crippen molar-refractivity contribution in [2.45, 2.75) is 148 Å². The zero-order valence-electron chi connectivity index (χ0n) is 64.0. The molecule has 9 saturated heterocycles. The SMILES string of the molecule is CN1CCCCCN2CCCN=C12.CN1CCCCN2CCCN=C12.CN1CCCN2CCCCCC=C12.CN1CCCN2CCCCN=C12.CN1CCCN2CCN=C12.CN1CCCN2CN=C12.CN1CCN2CCCN=C12.CN1CN2CCCN=C12.C[C@@H]1CCCN2CCCN=C12. The van der Waals surface area contributed by atoms with E-state index in [1.165, 1.54) is 332 Å². The van der Waals surface area contributed by atoms with Gasteiger partial charge in [-0.3, -0.25) is 34.9 Å². The molecule has 0 aromatic heterocycles. The summed E-state index contributed by atoms with van der Waals surface area (Å²) >= 11 is 0. The van der Waals surface area contributed by atoms with Crippen LogP contribution >= 0.6 is 0 Å². The van der Waals surface area contributed by atoms with Crippen LogP contribution in [0.2, 0.25) is 0 Å². The maximum atomic E-state index is 4.60. The molecule has 0 radical (unpaired) electrons. The molecule has 0 N–H and O–H groups in total. The van der Waals surface area contributed by atoms with Crippen LogP contribution in [0.4, 0.5) is 0 Å². The highest BCUT2D eigenvalue weighted by molar-refractivity contribution is 5.87. The molecule has 18 aliphatic heterocycles. The van der Waals surface area contributed by atoms with Crippen molar-refractivity contribution in [2.75, 3.05) is 266 Å². The molecule has 0 aromatic carbocycles. The van der Waals surface area contributed by atoms with E-state index in [1.807, 2.05) is 0 Å². The van der Waals surface area contributed by atoms with E-state index in [1.54, 1.807) is 0 Å². The number of guanidine groups is 7. The van der Waals surface area contributed by atoms with Gasteiger partial charge in [0.05, 0.1) is 19.0 Å². The number of likely N-dealkylation sites (N-methyl/N-ethyl adjacent to an activating group) is 1. The van der Waals surface area contributed by atoms with Gasteiger partial charge in [0.15, 0.2) is 41.7 Å². The zero-order valence-corrected chi connectivity index (χ0v) is 64.0. The number of hydrogen-bond donors (Lipinski definition) is 0. The highest BCUT2D eigenvalue weighted by atomic mass is 15.5. The highest BCUT2D eigenvalue weighted by Gasteiger charge is 2.31. The highest BCUT2D eigenvalue weighted by Crippen LogP contribution is 2.24. The van der Waals surface area contributed by atoms with E-state index in [-0.39, 0.29) is 0 Å². The maximum Gasteiger partial charge on any atom is 0.199 e. The fourth-order valence-electron chi connectivity index (χ4n) is 16.5. The molecule has 1 atom stereocenters. The molecule has 0 aromatic rings. The van der Waals surface area contributed by atoms with Crippen LogP contribution in [-0.4, -0.2) is 397 Å². The fraction of sp³-hybridized carbons (Fsp3) is 0.865. The van der Waals surface area contributed by atoms with E-state index in [0.29, 0.717) is 0 Å². The minimum Gasteiger partial charge on any atom is -0.362 e. The monoisotopic (exact) mass is 1380 g/mol. The third-order valence-corrected chi connectivity index (χ3v) is 22.1. The Balaban J connectivity index is 0.000000121. The summed E-state index contributed by atoms with van der Waals surface area (Å²) in [7, 11) is 17.1. The van der Waals surface area contributed by atoms with E-state index < -0.39 is 0 Å². The summed E-state index contributed by atoms with van der Waals surface area (Å²) in [6.07, 6.45) is 31.2. The molecule has 99 heavy (non-hydrogen) atoms. The van der Waals surface area contributed by atoms with Crippen LogP contribution in [0.25, 0.3) is 0 Å². The van der Waals surface area contributed by atoms with Crippen LogP contribution in [0.1, 0.15) is 148 Å². The van der Waals surface area contributed by atoms with Gasteiger partial charge in [-0.2, -0.15) is 0 Å². The van der Waals surface area contributed by atoms with Crippen molar-refractivity contribution in [1.82, 2.24) is 83.3 Å². The lowest BCUT2D eigenvalue weighted by atomic mass is 9.97. The van der Waals surface area contributed by atoms with E-state index in [2.05, 4.69) is 193 Å². The van der Waals surface area contributed by atoms with Gasteiger partial charge in [-0.1, -0.05) is 13.3 Å². The smallest absolute Gasteiger partial charge is 0.199 e. The Morgan fingerprint density at radius 3 is 1.06 bits per heavy atom. The molecule has 0 amide bonds. The Bertz CT molecular complexity index is 2720. The maximum absolute atomic E-state index is 4.60. The van der Waals surface area contributed by atoms with Gasteiger partial charge in [0, 0.05) is 252 Å². The zero-order chi connectivity index (χ0) is 69.1. The van der Waals surface area contributed by atoms with Crippen LogP contribution in [0.15, 0.2) is 51.8 Å². The van der Waals surface area contributed by atoms with Gasteiger partial charge in [-0.05, 0) is 141 Å². The van der Waals surface area contributed by atoms with Gasteiger partial charge in [-0.15, -0.1) is 0 Å². The van der Waals surface area contributed by atoms with Crippen LogP contribution < -0.4 is 0 Å². The van der Waals surface area contributed by atoms with Crippen molar-refractivity contribution < 1.29 is 0 Å². The molecule has 0 unspecified atom stereocenters. The second kappa shape index (κ2) is 39.8. The molecule has 0 bridgehead atoms. The van der Waals surface area contributed by atoms with Crippen molar-refractivity contribution in [3.63, 3.8) is 0 Å². The van der Waals surface area contributed by atoms with Crippen molar-refractivity contribution in [1.29, 1.82) is 0 Å². The molecule has 25 heteroatoms. The first-order valence-corrected chi connectivity index (χ1v) is 39.9. The molecule has 558 valence electrons. The molecule has 18 aliphatic rings. The third-order valence-electron chi connectivity index (χ3n) is 22.1. The minimum atomic E-state index is 0.726. The molecule has 18 rings (SSSR count). The van der Waals surface area contributed by atoms with Gasteiger partial charge in [0.1, 0.15) is 12.5 Å². The van der Waals surface area contributed by atoms with Gasteiger partial charge in [0.2, 0.25) is 0 Å². The Morgan fingerprint density at radius 2 is 0.586 bits per heavy atom. The average molecular weight is 1380 g/mol. The first kappa shape index (κ1) is 75.4. The summed E-state index contributed by atoms with van der Waals surface area (Å²) in [6.45, 7) is 39.3. The van der Waals surface area contributed by atoms with Crippen molar-refractivity contribution in [2.24, 2.45) is 45.9 Å². The molecule has 0 saturated carbocycles. The Hall–Kier alpha value is -6.30. The molecule has 9 fully saturated rings. The summed E-state index contributed by atoms with van der Waals surface area (Å²) in [5, 5.41) is 0. The molecule has 25 nitrogen and oxygen atoms in total. The van der Waals surface area contributed by atoms with Crippen molar-refractivity contribution >= 4 is 47.6 Å². The average Bonchev–Trinajstić information content (AvgIpc) is 1.38. The van der Waals surface area contributed by atoms with Gasteiger partial charge >= 0.3 is 0 Å². The van der Waals surface area contributed by atoms with E-state index in [4.69, 9.17) is 0 Å². The molecule has 18 heterocycles. The first-order chi connectivity index (χ1) is 48.4. The Kier molecular flexibility index (Phi) is 30.3.